The highest BCUT2D eigenvalue weighted by Gasteiger charge is 2.22. The number of nitrogens with zero attached hydrogens (tertiary/aromatic N) is 1. The molecule has 0 saturated heterocycles. The minimum Gasteiger partial charge on any atom is -0.455 e. The molecule has 0 amide bonds. The first-order valence-corrected chi connectivity index (χ1v) is 16.8. The number of thiophene rings is 1. The van der Waals surface area contributed by atoms with E-state index in [1.807, 2.05) is 11.3 Å². The van der Waals surface area contributed by atoms with Crippen LogP contribution in [0.1, 0.15) is 0 Å². The van der Waals surface area contributed by atoms with E-state index in [9.17, 15) is 0 Å². The summed E-state index contributed by atoms with van der Waals surface area (Å²) in [6.07, 6.45) is 0. The maximum absolute atomic E-state index is 6.64. The Bertz CT molecular complexity index is 2780. The van der Waals surface area contributed by atoms with Crippen LogP contribution in [-0.4, -0.2) is 4.57 Å². The second-order valence-corrected chi connectivity index (χ2v) is 13.0. The maximum Gasteiger partial charge on any atom is 0.143 e. The van der Waals surface area contributed by atoms with Crippen molar-refractivity contribution in [1.29, 1.82) is 0 Å². The average Bonchev–Trinajstić information content (AvgIpc) is 3.81. The molecule has 0 saturated carbocycles. The van der Waals surface area contributed by atoms with Crippen molar-refractivity contribution in [3.05, 3.63) is 164 Å². The van der Waals surface area contributed by atoms with Gasteiger partial charge in [-0.25, -0.2) is 0 Å². The number of para-hydroxylation sites is 3. The molecule has 0 N–H and O–H groups in total. The number of hydrogen-bond acceptors (Lipinski definition) is 2. The first kappa shape index (κ1) is 26.3. The summed E-state index contributed by atoms with van der Waals surface area (Å²) < 4.78 is 11.7. The molecule has 3 aromatic heterocycles. The van der Waals surface area contributed by atoms with Crippen molar-refractivity contribution < 1.29 is 4.42 Å². The highest BCUT2D eigenvalue weighted by atomic mass is 32.1. The molecule has 0 bridgehead atoms. The molecule has 3 heterocycles. The summed E-state index contributed by atoms with van der Waals surface area (Å²) in [7, 11) is 0. The Morgan fingerprint density at radius 3 is 1.85 bits per heavy atom. The van der Waals surface area contributed by atoms with E-state index in [1.54, 1.807) is 0 Å². The van der Waals surface area contributed by atoms with Crippen LogP contribution in [-0.2, 0) is 0 Å². The third-order valence-corrected chi connectivity index (χ3v) is 10.7. The van der Waals surface area contributed by atoms with Crippen LogP contribution >= 0.6 is 11.3 Å². The van der Waals surface area contributed by atoms with Crippen molar-refractivity contribution >= 4 is 64.5 Å². The normalized spacial score (nSPS) is 11.8. The van der Waals surface area contributed by atoms with Gasteiger partial charge in [0.25, 0.3) is 0 Å². The highest BCUT2D eigenvalue weighted by molar-refractivity contribution is 7.27. The van der Waals surface area contributed by atoms with Gasteiger partial charge in [-0.1, -0.05) is 140 Å². The van der Waals surface area contributed by atoms with E-state index in [1.165, 1.54) is 59.1 Å². The summed E-state index contributed by atoms with van der Waals surface area (Å²) in [6, 6.07) is 58.6. The van der Waals surface area contributed by atoms with Crippen LogP contribution in [0.3, 0.4) is 0 Å². The lowest BCUT2D eigenvalue weighted by Gasteiger charge is -2.13. The molecule has 10 aromatic rings. The summed E-state index contributed by atoms with van der Waals surface area (Å²) in [5.41, 5.74) is 12.6. The molecule has 0 radical (unpaired) electrons. The number of hydrogen-bond donors (Lipinski definition) is 0. The smallest absolute Gasteiger partial charge is 0.143 e. The quantitative estimate of drug-likeness (QED) is 0.192. The van der Waals surface area contributed by atoms with E-state index in [-0.39, 0.29) is 0 Å². The van der Waals surface area contributed by atoms with Gasteiger partial charge in [-0.3, -0.25) is 0 Å². The molecule has 0 unspecified atom stereocenters. The minimum atomic E-state index is 0.902. The summed E-state index contributed by atoms with van der Waals surface area (Å²) in [5.74, 6) is 0. The highest BCUT2D eigenvalue weighted by Crippen LogP contribution is 2.48. The monoisotopic (exact) mass is 617 g/mol. The first-order valence-electron chi connectivity index (χ1n) is 15.9. The SMILES string of the molecule is c1ccc(-c2cccc3c2oc2cccc(-c4ccccc4-c4cccc5c4sc4c6ccccc6n(-c6ccccc6)c54)c23)cc1. The number of rotatable bonds is 4. The lowest BCUT2D eigenvalue weighted by Crippen LogP contribution is -1.93. The van der Waals surface area contributed by atoms with E-state index in [0.29, 0.717) is 0 Å². The Kier molecular flexibility index (Phi) is 5.78. The second-order valence-electron chi connectivity index (χ2n) is 12.0. The van der Waals surface area contributed by atoms with Gasteiger partial charge in [0, 0.05) is 43.1 Å². The Balaban J connectivity index is 1.24. The topological polar surface area (TPSA) is 18.1 Å². The van der Waals surface area contributed by atoms with Crippen LogP contribution in [0.5, 0.6) is 0 Å². The van der Waals surface area contributed by atoms with Gasteiger partial charge in [0.15, 0.2) is 0 Å². The van der Waals surface area contributed by atoms with Crippen LogP contribution in [0, 0.1) is 0 Å². The molecule has 0 aliphatic heterocycles. The molecule has 7 aromatic carbocycles. The van der Waals surface area contributed by atoms with Gasteiger partial charge in [0.2, 0.25) is 0 Å². The fourth-order valence-electron chi connectivity index (χ4n) is 7.42. The van der Waals surface area contributed by atoms with Gasteiger partial charge in [0.05, 0.1) is 15.7 Å². The zero-order valence-corrected chi connectivity index (χ0v) is 26.2. The molecule has 10 rings (SSSR count). The van der Waals surface area contributed by atoms with Crippen molar-refractivity contribution in [1.82, 2.24) is 4.57 Å². The van der Waals surface area contributed by atoms with Gasteiger partial charge in [-0.15, -0.1) is 11.3 Å². The van der Waals surface area contributed by atoms with E-state index in [0.717, 1.165) is 33.1 Å². The summed E-state index contributed by atoms with van der Waals surface area (Å²) in [6.45, 7) is 0. The average molecular weight is 618 g/mol. The molecule has 0 spiro atoms. The van der Waals surface area contributed by atoms with Crippen LogP contribution in [0.2, 0.25) is 0 Å². The Hall–Kier alpha value is -5.90. The molecule has 0 fully saturated rings. The molecule has 2 nitrogen and oxygen atoms in total. The predicted octanol–water partition coefficient (Wildman–Crippen LogP) is 12.9. The van der Waals surface area contributed by atoms with Crippen LogP contribution in [0.25, 0.3) is 92.2 Å². The molecular weight excluding hydrogens is 591 g/mol. The van der Waals surface area contributed by atoms with E-state index in [4.69, 9.17) is 4.42 Å². The number of furan rings is 1. The standard InChI is InChI=1S/C44H27NOS/c1-3-14-28(15-4-1)30-21-11-24-36-40-33(22-13-27-39(40)46-42(30)36)31-18-7-8-19-32(31)34-23-12-25-37-41-44(47-43(34)37)35-20-9-10-26-38(35)45(41)29-16-5-2-6-17-29/h1-27H. The predicted molar refractivity (Wildman–Crippen MR) is 200 cm³/mol. The van der Waals surface area contributed by atoms with Gasteiger partial charge >= 0.3 is 0 Å². The molecule has 0 aliphatic rings. The molecule has 220 valence electrons. The van der Waals surface area contributed by atoms with E-state index in [2.05, 4.69) is 168 Å². The summed E-state index contributed by atoms with van der Waals surface area (Å²) >= 11 is 1.90. The summed E-state index contributed by atoms with van der Waals surface area (Å²) in [5, 5.41) is 4.85. The van der Waals surface area contributed by atoms with Crippen molar-refractivity contribution in [3.63, 3.8) is 0 Å². The zero-order valence-electron chi connectivity index (χ0n) is 25.4. The minimum absolute atomic E-state index is 0.902. The van der Waals surface area contributed by atoms with Crippen LogP contribution in [0.15, 0.2) is 168 Å². The third-order valence-electron chi connectivity index (χ3n) is 9.43. The van der Waals surface area contributed by atoms with E-state index >= 15 is 0 Å². The molecule has 3 heteroatoms. The van der Waals surface area contributed by atoms with Crippen molar-refractivity contribution in [2.24, 2.45) is 0 Å². The largest absolute Gasteiger partial charge is 0.455 e. The van der Waals surface area contributed by atoms with Crippen molar-refractivity contribution in [2.75, 3.05) is 0 Å². The lowest BCUT2D eigenvalue weighted by atomic mass is 9.91. The zero-order chi connectivity index (χ0) is 30.9. The van der Waals surface area contributed by atoms with Crippen LogP contribution < -0.4 is 0 Å². The molecule has 47 heavy (non-hydrogen) atoms. The van der Waals surface area contributed by atoms with Gasteiger partial charge in [0.1, 0.15) is 11.2 Å². The van der Waals surface area contributed by atoms with Gasteiger partial charge in [-0.05, 0) is 46.5 Å². The second kappa shape index (κ2) is 10.3. The first-order chi connectivity index (χ1) is 23.3. The Labute approximate surface area is 275 Å². The number of fused-ring (bicyclic) bond motifs is 8. The number of aromatic nitrogens is 1. The van der Waals surface area contributed by atoms with Crippen molar-refractivity contribution in [2.45, 2.75) is 0 Å². The molecular formula is C44H27NOS. The maximum atomic E-state index is 6.64. The molecule has 0 atom stereocenters. The number of benzene rings is 7. The van der Waals surface area contributed by atoms with Crippen LogP contribution in [0.4, 0.5) is 0 Å². The third kappa shape index (κ3) is 3.90. The summed E-state index contributed by atoms with van der Waals surface area (Å²) in [4.78, 5) is 0. The fourth-order valence-corrected chi connectivity index (χ4v) is 8.77. The molecule has 0 aliphatic carbocycles. The Morgan fingerprint density at radius 2 is 1.02 bits per heavy atom. The fraction of sp³-hybridized carbons (Fsp3) is 0. The van der Waals surface area contributed by atoms with Gasteiger partial charge < -0.3 is 8.98 Å². The lowest BCUT2D eigenvalue weighted by molar-refractivity contribution is 0.670. The van der Waals surface area contributed by atoms with Crippen molar-refractivity contribution in [3.8, 4) is 39.1 Å². The van der Waals surface area contributed by atoms with Gasteiger partial charge in [-0.2, -0.15) is 0 Å². The van der Waals surface area contributed by atoms with E-state index < -0.39 is 0 Å². The Morgan fingerprint density at radius 1 is 0.426 bits per heavy atom.